The Balaban J connectivity index is 1.28. The molecule has 10 heteroatoms. The Morgan fingerprint density at radius 3 is 2.67 bits per heavy atom. The van der Waals surface area contributed by atoms with E-state index in [1.807, 2.05) is 0 Å². The molecular formula is C20H21FN6O2S. The summed E-state index contributed by atoms with van der Waals surface area (Å²) in [6, 6.07) is 5.74. The van der Waals surface area contributed by atoms with Crippen molar-refractivity contribution in [2.24, 2.45) is 0 Å². The van der Waals surface area contributed by atoms with Gasteiger partial charge < -0.3 is 10.6 Å². The van der Waals surface area contributed by atoms with E-state index in [-0.39, 0.29) is 11.3 Å². The molecule has 2 aromatic heterocycles. The standard InChI is InChI=1S/C20H21FN6O2S/c21-17-12(2-1-8-22-17)11-24-13-3-5-14(6-4-13)25-19-23-9-7-15(26-19)10-16-18(28)27-20(29)30-16/h1-2,7-10,13-14,24H,3-6,11H2,(H,23,25,26)(H,27,28,29)/b16-10-. The molecule has 0 spiro atoms. The van der Waals surface area contributed by atoms with Crippen LogP contribution in [0, 0.1) is 5.95 Å². The van der Waals surface area contributed by atoms with Crippen LogP contribution in [0.15, 0.2) is 35.5 Å². The molecule has 0 bridgehead atoms. The Morgan fingerprint density at radius 1 is 1.13 bits per heavy atom. The number of imide groups is 1. The summed E-state index contributed by atoms with van der Waals surface area (Å²) in [7, 11) is 0. The lowest BCUT2D eigenvalue weighted by atomic mass is 9.91. The molecule has 0 radical (unpaired) electrons. The van der Waals surface area contributed by atoms with Crippen molar-refractivity contribution in [3.63, 3.8) is 0 Å². The smallest absolute Gasteiger partial charge is 0.290 e. The molecule has 0 aromatic carbocycles. The second-order valence-electron chi connectivity index (χ2n) is 7.18. The van der Waals surface area contributed by atoms with Crippen molar-refractivity contribution >= 4 is 34.9 Å². The SMILES string of the molecule is O=C1NC(=O)/C(=C/c2ccnc(NC3CCC(NCc4cccnc4F)CC3)n2)S1. The van der Waals surface area contributed by atoms with E-state index >= 15 is 0 Å². The molecule has 4 rings (SSSR count). The maximum absolute atomic E-state index is 13.6. The lowest BCUT2D eigenvalue weighted by molar-refractivity contribution is -0.115. The summed E-state index contributed by atoms with van der Waals surface area (Å²) in [6.45, 7) is 0.469. The monoisotopic (exact) mass is 428 g/mol. The van der Waals surface area contributed by atoms with Crippen molar-refractivity contribution in [1.82, 2.24) is 25.6 Å². The van der Waals surface area contributed by atoms with Gasteiger partial charge in [0.05, 0.1) is 10.6 Å². The highest BCUT2D eigenvalue weighted by molar-refractivity contribution is 8.18. The van der Waals surface area contributed by atoms with Crippen molar-refractivity contribution in [2.75, 3.05) is 5.32 Å². The second kappa shape index (κ2) is 9.31. The van der Waals surface area contributed by atoms with Crippen molar-refractivity contribution in [3.05, 3.63) is 52.7 Å². The van der Waals surface area contributed by atoms with Gasteiger partial charge in [0, 0.05) is 36.6 Å². The van der Waals surface area contributed by atoms with Gasteiger partial charge in [-0.1, -0.05) is 6.07 Å². The van der Waals surface area contributed by atoms with Crippen LogP contribution in [0.2, 0.25) is 0 Å². The van der Waals surface area contributed by atoms with E-state index in [9.17, 15) is 14.0 Å². The molecule has 2 aromatic rings. The Bertz CT molecular complexity index is 977. The van der Waals surface area contributed by atoms with Gasteiger partial charge in [-0.2, -0.15) is 4.39 Å². The largest absolute Gasteiger partial charge is 0.351 e. The van der Waals surface area contributed by atoms with Gasteiger partial charge in [-0.25, -0.2) is 15.0 Å². The number of nitrogens with one attached hydrogen (secondary N) is 3. The zero-order valence-electron chi connectivity index (χ0n) is 16.1. The number of anilines is 1. The highest BCUT2D eigenvalue weighted by atomic mass is 32.2. The molecule has 2 amide bonds. The Hall–Kier alpha value is -2.85. The molecule has 2 aliphatic rings. The first-order valence-corrected chi connectivity index (χ1v) is 10.6. The minimum Gasteiger partial charge on any atom is -0.351 e. The second-order valence-corrected chi connectivity index (χ2v) is 8.20. The fraction of sp³-hybridized carbons (Fsp3) is 0.350. The number of carbonyl (C=O) groups excluding carboxylic acids is 2. The maximum Gasteiger partial charge on any atom is 0.290 e. The van der Waals surface area contributed by atoms with Crippen LogP contribution in [-0.2, 0) is 11.3 Å². The van der Waals surface area contributed by atoms with E-state index in [4.69, 9.17) is 0 Å². The van der Waals surface area contributed by atoms with E-state index in [1.54, 1.807) is 30.5 Å². The third-order valence-corrected chi connectivity index (χ3v) is 5.89. The van der Waals surface area contributed by atoms with Gasteiger partial charge >= 0.3 is 0 Å². The third-order valence-electron chi connectivity index (χ3n) is 5.08. The molecule has 1 aliphatic heterocycles. The fourth-order valence-corrected chi connectivity index (χ4v) is 4.17. The predicted octanol–water partition coefficient (Wildman–Crippen LogP) is 2.85. The minimum atomic E-state index is -0.426. The summed E-state index contributed by atoms with van der Waals surface area (Å²) in [4.78, 5) is 35.6. The number of hydrogen-bond donors (Lipinski definition) is 3. The fourth-order valence-electron chi connectivity index (χ4n) is 3.51. The molecule has 8 nitrogen and oxygen atoms in total. The van der Waals surface area contributed by atoms with Crippen LogP contribution in [-0.4, -0.2) is 38.2 Å². The molecule has 156 valence electrons. The van der Waals surface area contributed by atoms with Crippen LogP contribution >= 0.6 is 11.8 Å². The van der Waals surface area contributed by atoms with Crippen LogP contribution in [0.3, 0.4) is 0 Å². The van der Waals surface area contributed by atoms with Crippen molar-refractivity contribution < 1.29 is 14.0 Å². The van der Waals surface area contributed by atoms with E-state index in [0.717, 1.165) is 37.4 Å². The third kappa shape index (κ3) is 5.19. The number of hydrogen-bond acceptors (Lipinski definition) is 8. The summed E-state index contributed by atoms with van der Waals surface area (Å²) in [6.07, 6.45) is 8.45. The molecule has 1 aliphatic carbocycles. The van der Waals surface area contributed by atoms with Gasteiger partial charge in [-0.05, 0) is 55.7 Å². The average molecular weight is 428 g/mol. The summed E-state index contributed by atoms with van der Waals surface area (Å²) < 4.78 is 13.6. The van der Waals surface area contributed by atoms with E-state index in [2.05, 4.69) is 30.9 Å². The molecule has 30 heavy (non-hydrogen) atoms. The Morgan fingerprint density at radius 2 is 1.93 bits per heavy atom. The van der Waals surface area contributed by atoms with Gasteiger partial charge in [0.2, 0.25) is 11.9 Å². The van der Waals surface area contributed by atoms with E-state index in [1.165, 1.54) is 6.20 Å². The average Bonchev–Trinajstić information content (AvgIpc) is 3.05. The summed E-state index contributed by atoms with van der Waals surface area (Å²) in [5, 5.41) is 8.60. The van der Waals surface area contributed by atoms with Gasteiger partial charge in [0.15, 0.2) is 0 Å². The first-order chi connectivity index (χ1) is 14.6. The minimum absolute atomic E-state index is 0.242. The molecular weight excluding hydrogens is 407 g/mol. The number of thioether (sulfide) groups is 1. The number of aromatic nitrogens is 3. The number of pyridine rings is 1. The van der Waals surface area contributed by atoms with Gasteiger partial charge in [-0.15, -0.1) is 0 Å². The molecule has 2 fully saturated rings. The molecule has 3 N–H and O–H groups in total. The summed E-state index contributed by atoms with van der Waals surface area (Å²) >= 11 is 0.860. The molecule has 1 saturated carbocycles. The normalized spacial score (nSPS) is 22.9. The van der Waals surface area contributed by atoms with Crippen LogP contribution in [0.25, 0.3) is 6.08 Å². The first kappa shape index (κ1) is 20.4. The van der Waals surface area contributed by atoms with Crippen LogP contribution in [0.5, 0.6) is 0 Å². The van der Waals surface area contributed by atoms with E-state index < -0.39 is 11.9 Å². The van der Waals surface area contributed by atoms with Crippen molar-refractivity contribution in [3.8, 4) is 0 Å². The zero-order valence-corrected chi connectivity index (χ0v) is 16.9. The topological polar surface area (TPSA) is 109 Å². The summed E-state index contributed by atoms with van der Waals surface area (Å²) in [5.74, 6) is -0.340. The molecule has 1 saturated heterocycles. The van der Waals surface area contributed by atoms with Crippen LogP contribution in [0.4, 0.5) is 15.1 Å². The predicted molar refractivity (Wildman–Crippen MR) is 112 cm³/mol. The van der Waals surface area contributed by atoms with E-state index in [0.29, 0.717) is 34.7 Å². The maximum atomic E-state index is 13.6. The Labute approximate surface area is 177 Å². The first-order valence-electron chi connectivity index (χ1n) is 9.74. The van der Waals surface area contributed by atoms with Crippen molar-refractivity contribution in [1.29, 1.82) is 0 Å². The number of amides is 2. The number of carbonyl (C=O) groups is 2. The van der Waals surface area contributed by atoms with Gasteiger partial charge in [-0.3, -0.25) is 14.9 Å². The van der Waals surface area contributed by atoms with Gasteiger partial charge in [0.25, 0.3) is 11.1 Å². The van der Waals surface area contributed by atoms with Crippen LogP contribution in [0.1, 0.15) is 36.9 Å². The highest BCUT2D eigenvalue weighted by Gasteiger charge is 2.25. The van der Waals surface area contributed by atoms with Crippen LogP contribution < -0.4 is 16.0 Å². The zero-order chi connectivity index (χ0) is 20.9. The number of halogens is 1. The lowest BCUT2D eigenvalue weighted by Crippen LogP contribution is -2.37. The molecule has 0 unspecified atom stereocenters. The summed E-state index contributed by atoms with van der Waals surface area (Å²) in [5.41, 5.74) is 1.14. The highest BCUT2D eigenvalue weighted by Crippen LogP contribution is 2.25. The molecule has 3 heterocycles. The number of rotatable bonds is 6. The van der Waals surface area contributed by atoms with Gasteiger partial charge in [0.1, 0.15) is 0 Å². The molecule has 0 atom stereocenters. The quantitative estimate of drug-likeness (QED) is 0.476. The van der Waals surface area contributed by atoms with Crippen molar-refractivity contribution in [2.45, 2.75) is 44.3 Å². The lowest BCUT2D eigenvalue weighted by Gasteiger charge is -2.29. The number of nitrogens with zero attached hydrogens (tertiary/aromatic N) is 3. The Kier molecular flexibility index (Phi) is 6.34.